The van der Waals surface area contributed by atoms with Crippen LogP contribution < -0.4 is 14.8 Å². The average molecular weight is 470 g/mol. The van der Waals surface area contributed by atoms with E-state index in [2.05, 4.69) is 5.32 Å². The Hall–Kier alpha value is -3.52. The van der Waals surface area contributed by atoms with E-state index in [1.807, 2.05) is 31.2 Å². The third kappa shape index (κ3) is 5.02. The van der Waals surface area contributed by atoms with Gasteiger partial charge in [-0.1, -0.05) is 24.3 Å². The van der Waals surface area contributed by atoms with Crippen molar-refractivity contribution in [1.29, 1.82) is 0 Å². The molecule has 0 spiro atoms. The summed E-state index contributed by atoms with van der Waals surface area (Å²) < 4.78 is 49.9. The number of ether oxygens (including phenoxy) is 2. The first-order valence-corrected chi connectivity index (χ1v) is 10.9. The van der Waals surface area contributed by atoms with Crippen molar-refractivity contribution in [1.82, 2.24) is 5.32 Å². The predicted octanol–water partition coefficient (Wildman–Crippen LogP) is 6.04. The van der Waals surface area contributed by atoms with E-state index < -0.39 is 17.9 Å². The number of hydrogen-bond acceptors (Lipinski definition) is 5. The summed E-state index contributed by atoms with van der Waals surface area (Å²) >= 11 is 0. The van der Waals surface area contributed by atoms with Gasteiger partial charge >= 0.3 is 6.18 Å². The number of methoxy groups -OCH3 is 1. The molecule has 178 valence electrons. The van der Waals surface area contributed by atoms with Gasteiger partial charge in [0.1, 0.15) is 11.9 Å². The number of para-hydroxylation sites is 1. The fourth-order valence-corrected chi connectivity index (χ4v) is 3.98. The molecule has 0 radical (unpaired) electrons. The van der Waals surface area contributed by atoms with Gasteiger partial charge < -0.3 is 14.6 Å². The summed E-state index contributed by atoms with van der Waals surface area (Å²) in [5.74, 6) is 1.11. The number of phenolic OH excluding ortho intramolecular Hbond substituents is 1. The van der Waals surface area contributed by atoms with Crippen LogP contribution in [0.2, 0.25) is 0 Å². The molecule has 3 aromatic carbocycles. The largest absolute Gasteiger partial charge is 0.504 e. The fraction of sp³-hybridized carbons (Fsp3) is 0.269. The maximum atomic E-state index is 13.0. The van der Waals surface area contributed by atoms with Crippen LogP contribution in [-0.2, 0) is 6.18 Å². The number of halogens is 3. The number of phenols is 1. The van der Waals surface area contributed by atoms with E-state index in [1.165, 1.54) is 12.1 Å². The number of hydrogen-bond donors (Lipinski definition) is 2. The Kier molecular flexibility index (Phi) is 6.79. The zero-order valence-electron chi connectivity index (χ0n) is 18.8. The lowest BCUT2D eigenvalue weighted by atomic mass is 9.93. The van der Waals surface area contributed by atoms with Crippen molar-refractivity contribution in [3.63, 3.8) is 0 Å². The third-order valence-corrected chi connectivity index (χ3v) is 5.72. The molecule has 0 bridgehead atoms. The zero-order chi connectivity index (χ0) is 24.3. The molecule has 0 aliphatic carbocycles. The van der Waals surface area contributed by atoms with Crippen LogP contribution in [0, 0.1) is 0 Å². The number of aliphatic imine (C=N–C) groups is 1. The van der Waals surface area contributed by atoms with Gasteiger partial charge in [-0.15, -0.1) is 0 Å². The molecule has 2 atom stereocenters. The van der Waals surface area contributed by atoms with Crippen molar-refractivity contribution < 1.29 is 27.8 Å². The lowest BCUT2D eigenvalue weighted by molar-refractivity contribution is -0.137. The molecule has 2 unspecified atom stereocenters. The number of alkyl halides is 3. The van der Waals surface area contributed by atoms with E-state index in [0.717, 1.165) is 23.4 Å². The summed E-state index contributed by atoms with van der Waals surface area (Å²) in [6.45, 7) is 2.24. The molecule has 0 amide bonds. The van der Waals surface area contributed by atoms with E-state index in [-0.39, 0.29) is 11.8 Å². The van der Waals surface area contributed by atoms with E-state index >= 15 is 0 Å². The second-order valence-corrected chi connectivity index (χ2v) is 7.88. The normalized spacial score (nSPS) is 18.3. The second kappa shape index (κ2) is 9.77. The van der Waals surface area contributed by atoms with Crippen molar-refractivity contribution >= 4 is 5.71 Å². The zero-order valence-corrected chi connectivity index (χ0v) is 18.8. The van der Waals surface area contributed by atoms with Gasteiger partial charge in [-0.3, -0.25) is 10.3 Å². The smallest absolute Gasteiger partial charge is 0.416 e. The molecule has 3 aromatic rings. The molecule has 0 fully saturated rings. The summed E-state index contributed by atoms with van der Waals surface area (Å²) in [7, 11) is 1.59. The van der Waals surface area contributed by atoms with Gasteiger partial charge in [-0.25, -0.2) is 0 Å². The minimum Gasteiger partial charge on any atom is -0.504 e. The molecule has 8 heteroatoms. The van der Waals surface area contributed by atoms with Crippen LogP contribution in [-0.4, -0.2) is 24.5 Å². The number of benzene rings is 3. The highest BCUT2D eigenvalue weighted by molar-refractivity contribution is 6.01. The van der Waals surface area contributed by atoms with Gasteiger partial charge in [0.25, 0.3) is 0 Å². The van der Waals surface area contributed by atoms with Crippen molar-refractivity contribution in [3.05, 3.63) is 89.0 Å². The SMILES string of the molecule is CCOc1cccc(C2CC(c3ccc(OC)cc3)=NC(c3ccc(C(F)(F)F)cc3)N2)c1O. The van der Waals surface area contributed by atoms with Crippen LogP contribution >= 0.6 is 0 Å². The summed E-state index contributed by atoms with van der Waals surface area (Å²) in [6, 6.07) is 17.3. The van der Waals surface area contributed by atoms with Crippen LogP contribution in [0.25, 0.3) is 0 Å². The molecule has 0 saturated heterocycles. The molecule has 1 heterocycles. The maximum absolute atomic E-state index is 13.0. The van der Waals surface area contributed by atoms with Gasteiger partial charge in [0, 0.05) is 23.7 Å². The Balaban J connectivity index is 1.73. The topological polar surface area (TPSA) is 63.1 Å². The Morgan fingerprint density at radius 3 is 2.35 bits per heavy atom. The van der Waals surface area contributed by atoms with Gasteiger partial charge in [0.15, 0.2) is 11.5 Å². The summed E-state index contributed by atoms with van der Waals surface area (Å²) in [5, 5.41) is 14.2. The second-order valence-electron chi connectivity index (χ2n) is 7.88. The molecule has 34 heavy (non-hydrogen) atoms. The lowest BCUT2D eigenvalue weighted by Gasteiger charge is -2.31. The number of aromatic hydroxyl groups is 1. The maximum Gasteiger partial charge on any atom is 0.416 e. The summed E-state index contributed by atoms with van der Waals surface area (Å²) in [6.07, 6.45) is -4.55. The van der Waals surface area contributed by atoms with Crippen LogP contribution in [0.15, 0.2) is 71.7 Å². The first kappa shape index (κ1) is 23.6. The van der Waals surface area contributed by atoms with Crippen LogP contribution in [0.3, 0.4) is 0 Å². The van der Waals surface area contributed by atoms with Crippen molar-refractivity contribution in [2.24, 2.45) is 4.99 Å². The molecule has 1 aliphatic rings. The van der Waals surface area contributed by atoms with E-state index in [4.69, 9.17) is 14.5 Å². The van der Waals surface area contributed by atoms with E-state index in [9.17, 15) is 18.3 Å². The van der Waals surface area contributed by atoms with Crippen LogP contribution in [0.4, 0.5) is 13.2 Å². The molecule has 4 rings (SSSR count). The summed E-state index contributed by atoms with van der Waals surface area (Å²) in [5.41, 5.74) is 2.13. The highest BCUT2D eigenvalue weighted by Crippen LogP contribution is 2.39. The monoisotopic (exact) mass is 470 g/mol. The Labute approximate surface area is 195 Å². The number of nitrogens with one attached hydrogen (secondary N) is 1. The molecule has 2 N–H and O–H groups in total. The number of nitrogens with zero attached hydrogens (tertiary/aromatic N) is 1. The highest BCUT2D eigenvalue weighted by Gasteiger charge is 2.32. The molecular formula is C26H25F3N2O3. The summed E-state index contributed by atoms with van der Waals surface area (Å²) in [4.78, 5) is 4.80. The first-order chi connectivity index (χ1) is 16.3. The Morgan fingerprint density at radius 2 is 1.74 bits per heavy atom. The van der Waals surface area contributed by atoms with Crippen molar-refractivity contribution in [3.8, 4) is 17.2 Å². The quantitative estimate of drug-likeness (QED) is 0.461. The van der Waals surface area contributed by atoms with E-state index in [0.29, 0.717) is 35.7 Å². The molecular weight excluding hydrogens is 445 g/mol. The van der Waals surface area contributed by atoms with Gasteiger partial charge in [0.05, 0.1) is 19.3 Å². The lowest BCUT2D eigenvalue weighted by Crippen LogP contribution is -2.33. The van der Waals surface area contributed by atoms with Gasteiger partial charge in [0.2, 0.25) is 0 Å². The first-order valence-electron chi connectivity index (χ1n) is 10.9. The molecule has 1 aliphatic heterocycles. The van der Waals surface area contributed by atoms with E-state index in [1.54, 1.807) is 25.3 Å². The van der Waals surface area contributed by atoms with Crippen LogP contribution in [0.5, 0.6) is 17.2 Å². The Morgan fingerprint density at radius 1 is 1.03 bits per heavy atom. The molecule has 5 nitrogen and oxygen atoms in total. The Bertz CT molecular complexity index is 1160. The van der Waals surface area contributed by atoms with Gasteiger partial charge in [-0.2, -0.15) is 13.2 Å². The van der Waals surface area contributed by atoms with Crippen molar-refractivity contribution in [2.45, 2.75) is 31.7 Å². The van der Waals surface area contributed by atoms with Crippen LogP contribution in [0.1, 0.15) is 47.8 Å². The predicted molar refractivity (Wildman–Crippen MR) is 123 cm³/mol. The fourth-order valence-electron chi connectivity index (χ4n) is 3.98. The molecule has 0 saturated carbocycles. The minimum atomic E-state index is -4.41. The standard InChI is InChI=1S/C26H25F3N2O3/c1-3-34-23-6-4-5-20(24(23)32)22-15-21(16-9-13-19(33-2)14-10-16)30-25(31-22)17-7-11-18(12-8-17)26(27,28)29/h4-14,22,25,31-32H,3,15H2,1-2H3. The average Bonchev–Trinajstić information content (AvgIpc) is 2.85. The third-order valence-electron chi connectivity index (χ3n) is 5.72. The highest BCUT2D eigenvalue weighted by atomic mass is 19.4. The van der Waals surface area contributed by atoms with Crippen molar-refractivity contribution in [2.75, 3.05) is 13.7 Å². The molecule has 0 aromatic heterocycles. The van der Waals surface area contributed by atoms with Gasteiger partial charge in [-0.05, 0) is 60.5 Å². The minimum absolute atomic E-state index is 0.0315. The number of rotatable bonds is 6.